The number of nitrogens with zero attached hydrogens (tertiary/aromatic N) is 1. The van der Waals surface area contributed by atoms with Gasteiger partial charge in [-0.2, -0.15) is 0 Å². The largest absolute Gasteiger partial charge is 0.494 e. The smallest absolute Gasteiger partial charge is 0.167 e. The highest BCUT2D eigenvalue weighted by Crippen LogP contribution is 2.32. The van der Waals surface area contributed by atoms with Crippen molar-refractivity contribution in [3.05, 3.63) is 17.9 Å². The molecule has 1 unspecified atom stereocenters. The van der Waals surface area contributed by atoms with Crippen LogP contribution in [-0.2, 0) is 9.47 Å². The van der Waals surface area contributed by atoms with Crippen molar-refractivity contribution in [1.29, 1.82) is 0 Å². The van der Waals surface area contributed by atoms with Crippen molar-refractivity contribution in [1.82, 2.24) is 0 Å². The van der Waals surface area contributed by atoms with E-state index in [2.05, 4.69) is 0 Å². The van der Waals surface area contributed by atoms with Crippen LogP contribution in [0.25, 0.3) is 0 Å². The van der Waals surface area contributed by atoms with Gasteiger partial charge < -0.3 is 24.8 Å². The third-order valence-electron chi connectivity index (χ3n) is 3.09. The third-order valence-corrected chi connectivity index (χ3v) is 3.09. The summed E-state index contributed by atoms with van der Waals surface area (Å²) in [5, 5.41) is 0. The summed E-state index contributed by atoms with van der Waals surface area (Å²) in [5.74, 6) is -0.305. The van der Waals surface area contributed by atoms with Crippen LogP contribution >= 0.6 is 0 Å². The van der Waals surface area contributed by atoms with Gasteiger partial charge in [-0.05, 0) is 6.92 Å². The number of nitrogen functional groups attached to an aromatic ring is 1. The zero-order chi connectivity index (χ0) is 15.1. The van der Waals surface area contributed by atoms with Crippen molar-refractivity contribution < 1.29 is 18.6 Å². The SMILES string of the molecule is COCCN(c1cc(OC)c(F)cc1N)C(C)COC. The van der Waals surface area contributed by atoms with Gasteiger partial charge in [-0.15, -0.1) is 0 Å². The second kappa shape index (κ2) is 7.91. The van der Waals surface area contributed by atoms with E-state index in [-0.39, 0.29) is 11.8 Å². The Kier molecular flexibility index (Phi) is 6.54. The summed E-state index contributed by atoms with van der Waals surface area (Å²) in [5.41, 5.74) is 7.01. The molecule has 0 heterocycles. The monoisotopic (exact) mass is 286 g/mol. The summed E-state index contributed by atoms with van der Waals surface area (Å²) in [6.45, 7) is 3.70. The fourth-order valence-corrected chi connectivity index (χ4v) is 2.06. The molecule has 6 heteroatoms. The summed E-state index contributed by atoms with van der Waals surface area (Å²) in [4.78, 5) is 2.02. The second-order valence-electron chi connectivity index (χ2n) is 4.54. The van der Waals surface area contributed by atoms with Crippen molar-refractivity contribution in [3.63, 3.8) is 0 Å². The van der Waals surface area contributed by atoms with Crippen molar-refractivity contribution in [3.8, 4) is 5.75 Å². The van der Waals surface area contributed by atoms with E-state index in [1.54, 1.807) is 20.3 Å². The van der Waals surface area contributed by atoms with Crippen molar-refractivity contribution in [2.45, 2.75) is 13.0 Å². The quantitative estimate of drug-likeness (QED) is 0.740. The number of benzene rings is 1. The molecule has 0 radical (unpaired) electrons. The average Bonchev–Trinajstić information content (AvgIpc) is 2.41. The van der Waals surface area contributed by atoms with E-state index in [1.165, 1.54) is 13.2 Å². The molecule has 0 saturated carbocycles. The summed E-state index contributed by atoms with van der Waals surface area (Å²) in [6, 6.07) is 2.95. The minimum Gasteiger partial charge on any atom is -0.494 e. The van der Waals surface area contributed by atoms with Crippen molar-refractivity contribution in [2.24, 2.45) is 0 Å². The Morgan fingerprint density at radius 1 is 1.25 bits per heavy atom. The molecule has 0 spiro atoms. The highest BCUT2D eigenvalue weighted by atomic mass is 19.1. The number of halogens is 1. The highest BCUT2D eigenvalue weighted by Gasteiger charge is 2.19. The van der Waals surface area contributed by atoms with Crippen LogP contribution in [0.4, 0.5) is 15.8 Å². The summed E-state index contributed by atoms with van der Waals surface area (Å²) >= 11 is 0. The number of rotatable bonds is 8. The van der Waals surface area contributed by atoms with Gasteiger partial charge in [-0.25, -0.2) is 4.39 Å². The molecule has 0 aliphatic rings. The van der Waals surface area contributed by atoms with Crippen LogP contribution in [0.1, 0.15) is 6.92 Å². The molecule has 0 fully saturated rings. The Morgan fingerprint density at radius 2 is 1.95 bits per heavy atom. The highest BCUT2D eigenvalue weighted by molar-refractivity contribution is 5.70. The van der Waals surface area contributed by atoms with Crippen LogP contribution in [0.15, 0.2) is 12.1 Å². The Balaban J connectivity index is 3.11. The molecular weight excluding hydrogens is 263 g/mol. The van der Waals surface area contributed by atoms with Gasteiger partial charge in [-0.3, -0.25) is 0 Å². The maximum atomic E-state index is 13.6. The fourth-order valence-electron chi connectivity index (χ4n) is 2.06. The van der Waals surface area contributed by atoms with Gasteiger partial charge in [0, 0.05) is 38.9 Å². The van der Waals surface area contributed by atoms with Crippen molar-refractivity contribution in [2.75, 3.05) is 51.7 Å². The number of methoxy groups -OCH3 is 3. The second-order valence-corrected chi connectivity index (χ2v) is 4.54. The lowest BCUT2D eigenvalue weighted by Crippen LogP contribution is -2.39. The topological polar surface area (TPSA) is 57.0 Å². The molecule has 20 heavy (non-hydrogen) atoms. The summed E-state index contributed by atoms with van der Waals surface area (Å²) in [6.07, 6.45) is 0. The van der Waals surface area contributed by atoms with Crippen LogP contribution in [0.2, 0.25) is 0 Å². The van der Waals surface area contributed by atoms with Gasteiger partial charge in [0.2, 0.25) is 0 Å². The van der Waals surface area contributed by atoms with E-state index in [4.69, 9.17) is 19.9 Å². The molecule has 0 aliphatic carbocycles. The minimum atomic E-state index is -0.472. The minimum absolute atomic E-state index is 0.0765. The molecule has 5 nitrogen and oxygen atoms in total. The molecule has 114 valence electrons. The molecule has 0 amide bonds. The Bertz CT molecular complexity index is 429. The van der Waals surface area contributed by atoms with Crippen molar-refractivity contribution >= 4 is 11.4 Å². The zero-order valence-electron chi connectivity index (χ0n) is 12.5. The maximum Gasteiger partial charge on any atom is 0.167 e. The van der Waals surface area contributed by atoms with Crippen LogP contribution < -0.4 is 15.4 Å². The van der Waals surface area contributed by atoms with Gasteiger partial charge >= 0.3 is 0 Å². The van der Waals surface area contributed by atoms with E-state index in [0.29, 0.717) is 31.1 Å². The predicted molar refractivity (Wildman–Crippen MR) is 77.9 cm³/mol. The first-order chi connectivity index (χ1) is 9.54. The lowest BCUT2D eigenvalue weighted by molar-refractivity contribution is 0.171. The maximum absolute atomic E-state index is 13.6. The molecule has 2 N–H and O–H groups in total. The van der Waals surface area contributed by atoms with Gasteiger partial charge in [-0.1, -0.05) is 0 Å². The van der Waals surface area contributed by atoms with E-state index in [1.807, 2.05) is 11.8 Å². The fraction of sp³-hybridized carbons (Fsp3) is 0.571. The number of hydrogen-bond donors (Lipinski definition) is 1. The number of nitrogens with two attached hydrogens (primary N) is 1. The van der Waals surface area contributed by atoms with Gasteiger partial charge in [0.05, 0.1) is 31.7 Å². The molecule has 0 saturated heterocycles. The Morgan fingerprint density at radius 3 is 2.50 bits per heavy atom. The van der Waals surface area contributed by atoms with Gasteiger partial charge in [0.25, 0.3) is 0 Å². The first-order valence-corrected chi connectivity index (χ1v) is 6.42. The van der Waals surface area contributed by atoms with E-state index >= 15 is 0 Å². The van der Waals surface area contributed by atoms with E-state index < -0.39 is 5.82 Å². The number of anilines is 2. The molecule has 1 atom stereocenters. The average molecular weight is 286 g/mol. The van der Waals surface area contributed by atoms with Gasteiger partial charge in [0.15, 0.2) is 11.6 Å². The predicted octanol–water partition coefficient (Wildman–Crippen LogP) is 1.90. The number of ether oxygens (including phenoxy) is 3. The number of hydrogen-bond acceptors (Lipinski definition) is 5. The first-order valence-electron chi connectivity index (χ1n) is 6.42. The van der Waals surface area contributed by atoms with Gasteiger partial charge in [0.1, 0.15) is 0 Å². The molecular formula is C14H23FN2O3. The lowest BCUT2D eigenvalue weighted by Gasteiger charge is -2.32. The van der Waals surface area contributed by atoms with Crippen LogP contribution in [0, 0.1) is 5.82 Å². The molecule has 1 aromatic rings. The van der Waals surface area contributed by atoms with E-state index in [9.17, 15) is 4.39 Å². The third kappa shape index (κ3) is 3.98. The van der Waals surface area contributed by atoms with Crippen LogP contribution in [0.5, 0.6) is 5.75 Å². The standard InChI is InChI=1S/C14H23FN2O3/c1-10(9-19-3)17(5-6-18-2)13-8-14(20-4)11(15)7-12(13)16/h7-8,10H,5-6,9,16H2,1-4H3. The zero-order valence-corrected chi connectivity index (χ0v) is 12.5. The molecule has 1 aromatic carbocycles. The lowest BCUT2D eigenvalue weighted by atomic mass is 10.2. The normalized spacial score (nSPS) is 12.2. The molecule has 0 aliphatic heterocycles. The Labute approximate surface area is 119 Å². The van der Waals surface area contributed by atoms with Crippen LogP contribution in [-0.4, -0.2) is 47.1 Å². The summed E-state index contributed by atoms with van der Waals surface area (Å²) < 4.78 is 28.9. The van der Waals surface area contributed by atoms with Crippen LogP contribution in [0.3, 0.4) is 0 Å². The molecule has 0 aromatic heterocycles. The first kappa shape index (κ1) is 16.5. The summed E-state index contributed by atoms with van der Waals surface area (Å²) in [7, 11) is 4.70. The van der Waals surface area contributed by atoms with E-state index in [0.717, 1.165) is 0 Å². The molecule has 1 rings (SSSR count). The molecule has 0 bridgehead atoms. The Hall–Kier alpha value is -1.53.